The zero-order valence-electron chi connectivity index (χ0n) is 14.3. The van der Waals surface area contributed by atoms with E-state index in [-0.39, 0.29) is 17.9 Å². The van der Waals surface area contributed by atoms with Crippen molar-refractivity contribution in [1.29, 1.82) is 0 Å². The summed E-state index contributed by atoms with van der Waals surface area (Å²) in [5.41, 5.74) is 0.214. The first-order valence-corrected chi connectivity index (χ1v) is 7.82. The summed E-state index contributed by atoms with van der Waals surface area (Å²) < 4.78 is 5.16. The minimum atomic E-state index is -0.366. The molecule has 2 rings (SSSR count). The predicted octanol–water partition coefficient (Wildman–Crippen LogP) is -0.717. The van der Waals surface area contributed by atoms with Crippen molar-refractivity contribution in [3.63, 3.8) is 0 Å². The summed E-state index contributed by atoms with van der Waals surface area (Å²) in [4.78, 5) is 28.5. The van der Waals surface area contributed by atoms with Gasteiger partial charge in [-0.2, -0.15) is 0 Å². The molecule has 0 saturated heterocycles. The lowest BCUT2D eigenvalue weighted by molar-refractivity contribution is -0.890. The summed E-state index contributed by atoms with van der Waals surface area (Å²) in [6.07, 6.45) is 3.29. The van der Waals surface area contributed by atoms with E-state index < -0.39 is 0 Å². The van der Waals surface area contributed by atoms with Crippen molar-refractivity contribution in [2.24, 2.45) is 14.1 Å². The van der Waals surface area contributed by atoms with Gasteiger partial charge in [-0.25, -0.2) is 9.78 Å². The van der Waals surface area contributed by atoms with Gasteiger partial charge in [0, 0.05) is 40.1 Å². The largest absolute Gasteiger partial charge is 0.396 e. The molecule has 0 aliphatic carbocycles. The molecule has 2 heterocycles. The number of quaternary nitrogens is 1. The Morgan fingerprint density at radius 3 is 2.43 bits per heavy atom. The van der Waals surface area contributed by atoms with Crippen molar-refractivity contribution in [2.75, 3.05) is 33.8 Å². The van der Waals surface area contributed by atoms with Crippen molar-refractivity contribution < 1.29 is 9.59 Å². The molecule has 0 saturated carbocycles. The van der Waals surface area contributed by atoms with Crippen molar-refractivity contribution in [2.45, 2.75) is 19.4 Å². The van der Waals surface area contributed by atoms with Crippen molar-refractivity contribution in [3.05, 3.63) is 27.2 Å². The molecule has 0 atom stereocenters. The molecule has 0 radical (unpaired) electrons. The summed E-state index contributed by atoms with van der Waals surface area (Å²) in [5.74, 6) is 0. The maximum Gasteiger partial charge on any atom is 0.332 e. The molecule has 0 fully saturated rings. The molecule has 0 aromatic carbocycles. The molecule has 0 unspecified atom stereocenters. The van der Waals surface area contributed by atoms with Crippen molar-refractivity contribution >= 4 is 11.2 Å². The van der Waals surface area contributed by atoms with Gasteiger partial charge in [0.1, 0.15) is 0 Å². The smallest absolute Gasteiger partial charge is 0.332 e. The number of aromatic nitrogens is 4. The molecule has 0 aliphatic heterocycles. The lowest BCUT2D eigenvalue weighted by atomic mass is 10.3. The fourth-order valence-corrected chi connectivity index (χ4v) is 2.85. The van der Waals surface area contributed by atoms with Crippen LogP contribution in [0.3, 0.4) is 0 Å². The zero-order chi connectivity index (χ0) is 17.2. The van der Waals surface area contributed by atoms with E-state index in [1.165, 1.54) is 11.6 Å². The molecule has 8 heteroatoms. The average molecular weight is 324 g/mol. The van der Waals surface area contributed by atoms with Gasteiger partial charge in [-0.15, -0.1) is 0 Å². The highest BCUT2D eigenvalue weighted by Gasteiger charge is 2.16. The van der Waals surface area contributed by atoms with E-state index in [1.807, 2.05) is 4.57 Å². The summed E-state index contributed by atoms with van der Waals surface area (Å²) in [6.45, 7) is 2.73. The van der Waals surface area contributed by atoms with Gasteiger partial charge in [0.25, 0.3) is 5.56 Å². The molecule has 0 spiro atoms. The number of fused-ring (bicyclic) bond motifs is 1. The number of imidazole rings is 1. The summed E-state index contributed by atoms with van der Waals surface area (Å²) >= 11 is 0. The zero-order valence-corrected chi connectivity index (χ0v) is 14.3. The molecular weight excluding hydrogens is 298 g/mol. The molecule has 23 heavy (non-hydrogen) atoms. The molecule has 0 bridgehead atoms. The van der Waals surface area contributed by atoms with Crippen LogP contribution in [0.5, 0.6) is 0 Å². The highest BCUT2D eigenvalue weighted by molar-refractivity contribution is 5.69. The Bertz CT molecular complexity index is 800. The Hall–Kier alpha value is -1.93. The third-order valence-corrected chi connectivity index (χ3v) is 4.30. The second kappa shape index (κ2) is 6.67. The topological polar surface area (TPSA) is 82.0 Å². The van der Waals surface area contributed by atoms with Crippen molar-refractivity contribution in [3.8, 4) is 0 Å². The summed E-state index contributed by atoms with van der Waals surface area (Å²) in [7, 11) is 7.36. The fraction of sp³-hybridized carbons (Fsp3) is 0.667. The molecule has 128 valence electrons. The number of aliphatic hydroxyl groups is 1. The lowest BCUT2D eigenvalue weighted by Crippen LogP contribution is -2.42. The number of aliphatic hydroxyl groups excluding tert-OH is 1. The van der Waals surface area contributed by atoms with E-state index in [0.717, 1.165) is 35.0 Å². The van der Waals surface area contributed by atoms with Crippen LogP contribution < -0.4 is 11.2 Å². The lowest BCUT2D eigenvalue weighted by Gasteiger charge is -2.29. The Balaban J connectivity index is 2.20. The highest BCUT2D eigenvalue weighted by Crippen LogP contribution is 2.08. The van der Waals surface area contributed by atoms with Crippen LogP contribution in [0.15, 0.2) is 15.9 Å². The number of hydrogen-bond acceptors (Lipinski definition) is 4. The second-order valence-corrected chi connectivity index (χ2v) is 6.63. The molecular formula is C15H26N5O3+. The summed E-state index contributed by atoms with van der Waals surface area (Å²) in [6, 6.07) is 0. The van der Waals surface area contributed by atoms with Gasteiger partial charge < -0.3 is 14.2 Å². The fourth-order valence-electron chi connectivity index (χ4n) is 2.85. The van der Waals surface area contributed by atoms with Crippen LogP contribution in [-0.2, 0) is 20.6 Å². The number of aryl methyl sites for hydroxylation is 2. The van der Waals surface area contributed by atoms with Crippen LogP contribution in [0, 0.1) is 0 Å². The minimum Gasteiger partial charge on any atom is -0.396 e. The van der Waals surface area contributed by atoms with Gasteiger partial charge >= 0.3 is 5.69 Å². The van der Waals surface area contributed by atoms with Crippen LogP contribution in [0.4, 0.5) is 0 Å². The Labute approximate surface area is 134 Å². The van der Waals surface area contributed by atoms with E-state index in [0.29, 0.717) is 17.7 Å². The Morgan fingerprint density at radius 2 is 1.78 bits per heavy atom. The van der Waals surface area contributed by atoms with Gasteiger partial charge in [-0.3, -0.25) is 13.9 Å². The van der Waals surface area contributed by atoms with Crippen LogP contribution in [0.1, 0.15) is 12.8 Å². The van der Waals surface area contributed by atoms with E-state index in [2.05, 4.69) is 19.1 Å². The highest BCUT2D eigenvalue weighted by atomic mass is 16.3. The standard InChI is InChI=1S/C15H26N5O3/c1-17-13-12(14(22)18(2)15(17)23)19(11-16-13)7-5-8-20(3,4)9-6-10-21/h11,21H,5-10H2,1-4H3/q+1. The quantitative estimate of drug-likeness (QED) is 0.682. The van der Waals surface area contributed by atoms with Gasteiger partial charge in [-0.1, -0.05) is 0 Å². The van der Waals surface area contributed by atoms with Crippen LogP contribution in [0.2, 0.25) is 0 Å². The van der Waals surface area contributed by atoms with E-state index in [4.69, 9.17) is 5.11 Å². The van der Waals surface area contributed by atoms with E-state index in [9.17, 15) is 9.59 Å². The normalized spacial score (nSPS) is 12.2. The Morgan fingerprint density at radius 1 is 1.13 bits per heavy atom. The molecule has 2 aromatic heterocycles. The maximum atomic E-state index is 12.3. The average Bonchev–Trinajstić information content (AvgIpc) is 2.93. The molecule has 2 aromatic rings. The maximum absolute atomic E-state index is 12.3. The van der Waals surface area contributed by atoms with Crippen LogP contribution in [-0.4, -0.2) is 62.1 Å². The first kappa shape index (κ1) is 17.4. The van der Waals surface area contributed by atoms with Gasteiger partial charge in [0.05, 0.1) is 33.5 Å². The van der Waals surface area contributed by atoms with Gasteiger partial charge in [0.2, 0.25) is 0 Å². The van der Waals surface area contributed by atoms with Crippen molar-refractivity contribution in [1.82, 2.24) is 18.7 Å². The minimum absolute atomic E-state index is 0.206. The first-order chi connectivity index (χ1) is 10.8. The Kier molecular flexibility index (Phi) is 5.06. The van der Waals surface area contributed by atoms with Gasteiger partial charge in [-0.05, 0) is 0 Å². The third-order valence-electron chi connectivity index (χ3n) is 4.30. The predicted molar refractivity (Wildman–Crippen MR) is 88.4 cm³/mol. The number of nitrogens with zero attached hydrogens (tertiary/aromatic N) is 5. The summed E-state index contributed by atoms with van der Waals surface area (Å²) in [5, 5.41) is 8.94. The molecule has 8 nitrogen and oxygen atoms in total. The second-order valence-electron chi connectivity index (χ2n) is 6.63. The SMILES string of the molecule is Cn1c(=O)c2c(ncn2CCC[N+](C)(C)CCCO)n(C)c1=O. The number of hydrogen-bond donors (Lipinski definition) is 1. The van der Waals surface area contributed by atoms with E-state index in [1.54, 1.807) is 13.4 Å². The van der Waals surface area contributed by atoms with Crippen LogP contribution >= 0.6 is 0 Å². The molecule has 1 N–H and O–H groups in total. The van der Waals surface area contributed by atoms with E-state index >= 15 is 0 Å². The monoisotopic (exact) mass is 324 g/mol. The van der Waals surface area contributed by atoms with Crippen LogP contribution in [0.25, 0.3) is 11.2 Å². The molecule has 0 amide bonds. The third kappa shape index (κ3) is 3.53. The number of rotatable bonds is 7. The van der Waals surface area contributed by atoms with Gasteiger partial charge in [0.15, 0.2) is 11.2 Å². The molecule has 0 aliphatic rings. The first-order valence-electron chi connectivity index (χ1n) is 7.82.